The number of hydrogen-bond acceptors (Lipinski definition) is 9. The molecule has 1 aliphatic heterocycles. The number of hydrogen-bond donors (Lipinski definition) is 1. The van der Waals surface area contributed by atoms with Gasteiger partial charge in [-0.05, 0) is 48.2 Å². The minimum Gasteiger partial charge on any atom is -0.496 e. The van der Waals surface area contributed by atoms with Gasteiger partial charge in [-0.3, -0.25) is 9.78 Å². The standard InChI is InChI=1S/C27H29N3O7/c1-32-22-13-19(36-16-26(31)30-29-15-17-7-9-28-10-8-17)14-23-20(22)5-6-21(37-23)18-11-24(33-2)27(35-4)25(12-18)34-3/h7-15,21H,5-6,16H2,1-4H3,(H,30,31)/b29-15+. The molecular weight excluding hydrogens is 478 g/mol. The number of benzene rings is 2. The molecule has 1 aromatic heterocycles. The monoisotopic (exact) mass is 507 g/mol. The van der Waals surface area contributed by atoms with E-state index >= 15 is 0 Å². The molecule has 0 fully saturated rings. The molecule has 1 unspecified atom stereocenters. The average molecular weight is 508 g/mol. The first-order chi connectivity index (χ1) is 18.1. The maximum atomic E-state index is 12.2. The summed E-state index contributed by atoms with van der Waals surface area (Å²) < 4.78 is 34.0. The lowest BCUT2D eigenvalue weighted by molar-refractivity contribution is -0.123. The molecule has 0 aliphatic carbocycles. The molecule has 4 rings (SSSR count). The third-order valence-corrected chi connectivity index (χ3v) is 5.82. The van der Waals surface area contributed by atoms with Crippen molar-refractivity contribution in [2.75, 3.05) is 35.0 Å². The number of methoxy groups -OCH3 is 4. The Morgan fingerprint density at radius 2 is 1.73 bits per heavy atom. The fourth-order valence-corrected chi connectivity index (χ4v) is 4.03. The summed E-state index contributed by atoms with van der Waals surface area (Å²) in [5.74, 6) is 2.91. The van der Waals surface area contributed by atoms with Crippen LogP contribution in [-0.4, -0.2) is 52.2 Å². The number of aromatic nitrogens is 1. The van der Waals surface area contributed by atoms with E-state index in [2.05, 4.69) is 15.5 Å². The van der Waals surface area contributed by atoms with Crippen molar-refractivity contribution in [3.63, 3.8) is 0 Å². The Balaban J connectivity index is 1.47. The zero-order valence-electron chi connectivity index (χ0n) is 21.1. The van der Waals surface area contributed by atoms with Gasteiger partial charge >= 0.3 is 0 Å². The Morgan fingerprint density at radius 1 is 1.03 bits per heavy atom. The zero-order chi connectivity index (χ0) is 26.2. The van der Waals surface area contributed by atoms with E-state index in [1.807, 2.05) is 12.1 Å². The number of nitrogens with zero attached hydrogens (tertiary/aromatic N) is 2. The molecule has 1 N–H and O–H groups in total. The van der Waals surface area contributed by atoms with Crippen LogP contribution in [0.1, 0.15) is 29.2 Å². The number of pyridine rings is 1. The highest BCUT2D eigenvalue weighted by molar-refractivity contribution is 5.82. The van der Waals surface area contributed by atoms with Crippen molar-refractivity contribution in [2.45, 2.75) is 18.9 Å². The Kier molecular flexibility index (Phi) is 8.29. The first-order valence-electron chi connectivity index (χ1n) is 11.6. The van der Waals surface area contributed by atoms with Crippen LogP contribution in [0.3, 0.4) is 0 Å². The molecule has 1 atom stereocenters. The molecule has 2 heterocycles. The van der Waals surface area contributed by atoms with Crippen LogP contribution in [-0.2, 0) is 11.2 Å². The van der Waals surface area contributed by atoms with Gasteiger partial charge in [-0.15, -0.1) is 0 Å². The van der Waals surface area contributed by atoms with Crippen LogP contribution in [0.2, 0.25) is 0 Å². The molecule has 0 spiro atoms. The summed E-state index contributed by atoms with van der Waals surface area (Å²) in [6.45, 7) is -0.230. The van der Waals surface area contributed by atoms with Gasteiger partial charge in [-0.2, -0.15) is 5.10 Å². The van der Waals surface area contributed by atoms with Gasteiger partial charge in [0.1, 0.15) is 23.4 Å². The molecule has 0 radical (unpaired) electrons. The predicted octanol–water partition coefficient (Wildman–Crippen LogP) is 3.71. The number of ether oxygens (including phenoxy) is 6. The molecule has 0 saturated heterocycles. The van der Waals surface area contributed by atoms with Crippen LogP contribution in [0.5, 0.6) is 34.5 Å². The van der Waals surface area contributed by atoms with Gasteiger partial charge in [0.15, 0.2) is 18.1 Å². The predicted molar refractivity (Wildman–Crippen MR) is 136 cm³/mol. The van der Waals surface area contributed by atoms with E-state index in [1.54, 1.807) is 65.1 Å². The van der Waals surface area contributed by atoms with Crippen molar-refractivity contribution in [3.8, 4) is 34.5 Å². The van der Waals surface area contributed by atoms with Gasteiger partial charge in [0, 0.05) is 30.1 Å². The molecule has 3 aromatic rings. The lowest BCUT2D eigenvalue weighted by Gasteiger charge is -2.29. The van der Waals surface area contributed by atoms with E-state index in [-0.39, 0.29) is 12.7 Å². The van der Waals surface area contributed by atoms with Crippen molar-refractivity contribution in [1.29, 1.82) is 0 Å². The zero-order valence-corrected chi connectivity index (χ0v) is 21.1. The van der Waals surface area contributed by atoms with Crippen molar-refractivity contribution in [1.82, 2.24) is 10.4 Å². The van der Waals surface area contributed by atoms with E-state index in [0.717, 1.165) is 29.5 Å². The SMILES string of the molecule is COc1cc(OCC(=O)N/N=C/c2ccncc2)cc2c1CCC(c1cc(OC)c(OC)c(OC)c1)O2. The third kappa shape index (κ3) is 6.03. The van der Waals surface area contributed by atoms with Gasteiger partial charge in [0.25, 0.3) is 5.91 Å². The quantitative estimate of drug-likeness (QED) is 0.327. The van der Waals surface area contributed by atoms with Gasteiger partial charge in [-0.25, -0.2) is 5.43 Å². The van der Waals surface area contributed by atoms with Crippen LogP contribution in [0.4, 0.5) is 0 Å². The van der Waals surface area contributed by atoms with E-state index in [9.17, 15) is 4.79 Å². The number of carbonyl (C=O) groups excluding carboxylic acids is 1. The minimum absolute atomic E-state index is 0.230. The number of rotatable bonds is 10. The second kappa shape index (κ2) is 12.0. The first kappa shape index (κ1) is 25.6. The van der Waals surface area contributed by atoms with E-state index in [0.29, 0.717) is 34.5 Å². The topological polar surface area (TPSA) is 110 Å². The van der Waals surface area contributed by atoms with Gasteiger partial charge in [0.2, 0.25) is 5.75 Å². The fourth-order valence-electron chi connectivity index (χ4n) is 4.03. The molecular formula is C27H29N3O7. The summed E-state index contributed by atoms with van der Waals surface area (Å²) in [7, 11) is 6.31. The second-order valence-electron chi connectivity index (χ2n) is 8.07. The summed E-state index contributed by atoms with van der Waals surface area (Å²) in [6.07, 6.45) is 6.00. The summed E-state index contributed by atoms with van der Waals surface area (Å²) in [5.41, 5.74) is 5.08. The molecule has 1 aliphatic rings. The van der Waals surface area contributed by atoms with Crippen LogP contribution in [0.15, 0.2) is 53.9 Å². The maximum Gasteiger partial charge on any atom is 0.277 e. The highest BCUT2D eigenvalue weighted by Crippen LogP contribution is 2.45. The summed E-state index contributed by atoms with van der Waals surface area (Å²) >= 11 is 0. The largest absolute Gasteiger partial charge is 0.496 e. The second-order valence-corrected chi connectivity index (χ2v) is 8.07. The molecule has 194 valence electrons. The number of amides is 1. The third-order valence-electron chi connectivity index (χ3n) is 5.82. The van der Waals surface area contributed by atoms with E-state index in [4.69, 9.17) is 28.4 Å². The van der Waals surface area contributed by atoms with Crippen molar-refractivity contribution in [3.05, 3.63) is 65.5 Å². The fraction of sp³-hybridized carbons (Fsp3) is 0.296. The highest BCUT2D eigenvalue weighted by atomic mass is 16.5. The van der Waals surface area contributed by atoms with Crippen molar-refractivity contribution in [2.24, 2.45) is 5.10 Å². The molecule has 0 saturated carbocycles. The van der Waals surface area contributed by atoms with Crippen LogP contribution in [0.25, 0.3) is 0 Å². The van der Waals surface area contributed by atoms with Gasteiger partial charge in [-0.1, -0.05) is 0 Å². The first-order valence-corrected chi connectivity index (χ1v) is 11.6. The van der Waals surface area contributed by atoms with Crippen LogP contribution in [0, 0.1) is 0 Å². The smallest absolute Gasteiger partial charge is 0.277 e. The highest BCUT2D eigenvalue weighted by Gasteiger charge is 2.27. The number of nitrogens with one attached hydrogen (secondary N) is 1. The number of hydrazone groups is 1. The number of carbonyl (C=O) groups is 1. The van der Waals surface area contributed by atoms with Crippen LogP contribution < -0.4 is 33.8 Å². The lowest BCUT2D eigenvalue weighted by atomic mass is 9.96. The average Bonchev–Trinajstić information content (AvgIpc) is 2.94. The van der Waals surface area contributed by atoms with Crippen LogP contribution >= 0.6 is 0 Å². The van der Waals surface area contributed by atoms with Gasteiger partial charge in [0.05, 0.1) is 34.7 Å². The normalized spacial score (nSPS) is 14.3. The molecule has 1 amide bonds. The molecule has 0 bridgehead atoms. The van der Waals surface area contributed by atoms with Gasteiger partial charge < -0.3 is 28.4 Å². The molecule has 37 heavy (non-hydrogen) atoms. The summed E-state index contributed by atoms with van der Waals surface area (Å²) in [4.78, 5) is 16.1. The Hall–Kier alpha value is -4.47. The number of fused-ring (bicyclic) bond motifs is 1. The Morgan fingerprint density at radius 3 is 2.38 bits per heavy atom. The Bertz CT molecular complexity index is 1240. The van der Waals surface area contributed by atoms with Crippen molar-refractivity contribution < 1.29 is 33.2 Å². The van der Waals surface area contributed by atoms with E-state index < -0.39 is 5.91 Å². The molecule has 2 aromatic carbocycles. The molecule has 10 nitrogen and oxygen atoms in total. The Labute approximate surface area is 215 Å². The summed E-state index contributed by atoms with van der Waals surface area (Å²) in [5, 5.41) is 3.93. The van der Waals surface area contributed by atoms with E-state index in [1.165, 1.54) is 6.21 Å². The minimum atomic E-state index is -0.404. The summed E-state index contributed by atoms with van der Waals surface area (Å²) in [6, 6.07) is 10.8. The lowest BCUT2D eigenvalue weighted by Crippen LogP contribution is -2.24. The maximum absolute atomic E-state index is 12.2. The van der Waals surface area contributed by atoms with Crippen molar-refractivity contribution >= 4 is 12.1 Å². The molecule has 10 heteroatoms.